The summed E-state index contributed by atoms with van der Waals surface area (Å²) < 4.78 is 21.6. The zero-order valence-electron chi connectivity index (χ0n) is 24.6. The Kier molecular flexibility index (Phi) is 14.1. The van der Waals surface area contributed by atoms with Crippen molar-refractivity contribution in [2.24, 2.45) is 11.7 Å². The van der Waals surface area contributed by atoms with E-state index in [2.05, 4.69) is 5.32 Å². The van der Waals surface area contributed by atoms with Crippen LogP contribution in [-0.4, -0.2) is 121 Å². The Hall–Kier alpha value is -2.82. The van der Waals surface area contributed by atoms with E-state index in [1.54, 1.807) is 4.90 Å². The first kappa shape index (κ1) is 34.7. The molecule has 0 spiro atoms. The number of rotatable bonds is 16. The summed E-state index contributed by atoms with van der Waals surface area (Å²) >= 11 is 0. The van der Waals surface area contributed by atoms with Crippen LogP contribution in [0, 0.1) is 5.92 Å². The Labute approximate surface area is 252 Å². The van der Waals surface area contributed by atoms with Gasteiger partial charge in [-0.05, 0) is 28.7 Å². The second-order valence-electron chi connectivity index (χ2n) is 10.9. The third-order valence-corrected chi connectivity index (χ3v) is 7.05. The summed E-state index contributed by atoms with van der Waals surface area (Å²) in [6, 6.07) is 11.7. The first-order chi connectivity index (χ1) is 20.6. The fourth-order valence-corrected chi connectivity index (χ4v) is 4.62. The molecule has 1 fully saturated rings. The molecule has 7 N–H and O–H groups in total. The lowest BCUT2D eigenvalue weighted by atomic mass is 9.98. The number of hydrogen-bond acceptors (Lipinski definition) is 11. The normalized spacial score (nSPS) is 18.0. The van der Waals surface area contributed by atoms with Crippen molar-refractivity contribution >= 4 is 30.5 Å². The highest BCUT2D eigenvalue weighted by molar-refractivity contribution is 6.18. The fraction of sp³-hybridized carbons (Fsp3) is 0.586. The molecule has 3 rings (SSSR count). The minimum absolute atomic E-state index is 0.107. The topological polar surface area (TPSA) is 193 Å². The molecular weight excluding hydrogens is 561 g/mol. The van der Waals surface area contributed by atoms with Gasteiger partial charge in [0.15, 0.2) is 0 Å². The van der Waals surface area contributed by atoms with Crippen LogP contribution in [-0.2, 0) is 30.0 Å². The second kappa shape index (κ2) is 17.5. The van der Waals surface area contributed by atoms with Gasteiger partial charge in [0.05, 0.1) is 26.0 Å². The fourth-order valence-electron chi connectivity index (χ4n) is 4.62. The number of urea groups is 1. The number of hydrogen-bond donors (Lipinski definition) is 6. The largest absolute Gasteiger partial charge is 0.489 e. The van der Waals surface area contributed by atoms with E-state index in [1.807, 2.05) is 56.3 Å². The van der Waals surface area contributed by atoms with E-state index in [9.17, 15) is 30.0 Å². The van der Waals surface area contributed by atoms with Crippen LogP contribution in [0.25, 0.3) is 10.8 Å². The Morgan fingerprint density at radius 2 is 1.74 bits per heavy atom. The number of nitrogens with zero attached hydrogens (tertiary/aromatic N) is 1. The van der Waals surface area contributed by atoms with Crippen molar-refractivity contribution in [2.75, 3.05) is 39.5 Å². The molecule has 2 aromatic carbocycles. The maximum atomic E-state index is 13.5. The Balaban J connectivity index is 1.76. The highest BCUT2D eigenvalue weighted by Gasteiger charge is 2.34. The van der Waals surface area contributed by atoms with Gasteiger partial charge in [-0.3, -0.25) is 0 Å². The van der Waals surface area contributed by atoms with Crippen molar-refractivity contribution in [3.05, 3.63) is 48.0 Å². The van der Waals surface area contributed by atoms with Crippen molar-refractivity contribution < 1.29 is 48.8 Å². The van der Waals surface area contributed by atoms with Gasteiger partial charge in [0.1, 0.15) is 37.1 Å². The summed E-state index contributed by atoms with van der Waals surface area (Å²) in [6.07, 6.45) is -6.84. The molecule has 1 aliphatic heterocycles. The Morgan fingerprint density at radius 3 is 2.44 bits per heavy atom. The molecule has 2 amide bonds. The number of carbonyl (C=O) groups is 2. The van der Waals surface area contributed by atoms with Crippen LogP contribution in [0.2, 0.25) is 0 Å². The predicted octanol–water partition coefficient (Wildman–Crippen LogP) is -0.322. The van der Waals surface area contributed by atoms with Crippen LogP contribution >= 0.6 is 0 Å². The number of nitrogens with one attached hydrogen (secondary N) is 1. The lowest BCUT2D eigenvalue weighted by Gasteiger charge is -2.30. The van der Waals surface area contributed by atoms with Crippen LogP contribution in [0.15, 0.2) is 42.5 Å². The molecule has 13 nitrogen and oxygen atoms in total. The monoisotopic (exact) mass is 604 g/mol. The van der Waals surface area contributed by atoms with Gasteiger partial charge in [-0.25, -0.2) is 9.59 Å². The van der Waals surface area contributed by atoms with Gasteiger partial charge in [-0.1, -0.05) is 56.3 Å². The Bertz CT molecular complexity index is 1150. The molecule has 0 aromatic heterocycles. The van der Waals surface area contributed by atoms with Crippen molar-refractivity contribution in [3.63, 3.8) is 0 Å². The third kappa shape index (κ3) is 10.7. The molecule has 2 aromatic rings. The average molecular weight is 604 g/mol. The number of aliphatic hydroxyl groups excluding tert-OH is 4. The molecule has 43 heavy (non-hydrogen) atoms. The number of amides is 2. The summed E-state index contributed by atoms with van der Waals surface area (Å²) in [5.74, 6) is -0.580. The number of morpholine rings is 1. The van der Waals surface area contributed by atoms with E-state index in [0.717, 1.165) is 24.0 Å². The van der Waals surface area contributed by atoms with E-state index < -0.39 is 61.9 Å². The van der Waals surface area contributed by atoms with Crippen LogP contribution in [0.1, 0.15) is 25.8 Å². The molecule has 6 atom stereocenters. The number of benzene rings is 2. The predicted molar refractivity (Wildman–Crippen MR) is 158 cm³/mol. The molecule has 1 heterocycles. The molecule has 237 valence electrons. The lowest BCUT2D eigenvalue weighted by molar-refractivity contribution is -0.156. The van der Waals surface area contributed by atoms with Gasteiger partial charge in [-0.2, -0.15) is 0 Å². The van der Waals surface area contributed by atoms with Gasteiger partial charge in [0.2, 0.25) is 0 Å². The molecule has 1 radical (unpaired) electrons. The van der Waals surface area contributed by atoms with Crippen molar-refractivity contribution in [2.45, 2.75) is 63.4 Å². The van der Waals surface area contributed by atoms with Gasteiger partial charge in [0.25, 0.3) is 0 Å². The number of aliphatic hydroxyl groups is 4. The number of esters is 1. The zero-order valence-corrected chi connectivity index (χ0v) is 24.6. The van der Waals surface area contributed by atoms with Gasteiger partial charge in [0, 0.05) is 19.5 Å². The van der Waals surface area contributed by atoms with Crippen molar-refractivity contribution in [1.82, 2.24) is 10.2 Å². The van der Waals surface area contributed by atoms with E-state index in [1.165, 1.54) is 0 Å². The van der Waals surface area contributed by atoms with E-state index >= 15 is 0 Å². The summed E-state index contributed by atoms with van der Waals surface area (Å²) in [5, 5.41) is 44.7. The number of carbonyl (C=O) groups excluding carboxylic acids is 2. The van der Waals surface area contributed by atoms with Crippen molar-refractivity contribution in [3.8, 4) is 0 Å². The van der Waals surface area contributed by atoms with E-state index in [4.69, 9.17) is 24.5 Å². The highest BCUT2D eigenvalue weighted by Crippen LogP contribution is 2.21. The first-order valence-electron chi connectivity index (χ1n) is 14.4. The SMILES string of the molecule is CC(C)C[C@H](N)O[B]O[C@H](COC(=O)[C@H](Cc1cccc2ccccc12)NC(=O)N1CCOCC1)[C@@H](O)[C@H](O)[C@H](O)CO. The number of fused-ring (bicyclic) bond motifs is 1. The van der Waals surface area contributed by atoms with Gasteiger partial charge in [-0.15, -0.1) is 0 Å². The number of ether oxygens (including phenoxy) is 2. The van der Waals surface area contributed by atoms with E-state index in [-0.39, 0.29) is 12.3 Å². The van der Waals surface area contributed by atoms with Crippen LogP contribution < -0.4 is 11.1 Å². The maximum Gasteiger partial charge on any atom is 0.489 e. The van der Waals surface area contributed by atoms with Gasteiger partial charge < -0.3 is 55.2 Å². The second-order valence-corrected chi connectivity index (χ2v) is 10.9. The van der Waals surface area contributed by atoms with Gasteiger partial charge >= 0.3 is 19.7 Å². The summed E-state index contributed by atoms with van der Waals surface area (Å²) in [7, 11) is 0.876. The summed E-state index contributed by atoms with van der Waals surface area (Å²) in [5.41, 5.74) is 6.70. The third-order valence-electron chi connectivity index (χ3n) is 7.05. The zero-order chi connectivity index (χ0) is 31.4. The molecule has 14 heteroatoms. The number of nitrogens with two attached hydrogens (primary N) is 1. The lowest BCUT2D eigenvalue weighted by Crippen LogP contribution is -2.53. The minimum atomic E-state index is -1.83. The standard InChI is InChI=1S/C29H43BN3O10/c1-18(2)14-25(31)43-30-42-24(27(37)26(36)23(35)16-34)17-41-28(38)22(32-29(39)33-10-12-40-13-11-33)15-20-8-5-7-19-6-3-4-9-21(19)20/h3-9,18,22-27,34-37H,10-17,31H2,1-2H3,(H,32,39)/t22-,23+,24+,25+,26+,27+/m0/s1. The molecule has 0 saturated carbocycles. The van der Waals surface area contributed by atoms with E-state index in [0.29, 0.717) is 32.7 Å². The first-order valence-corrected chi connectivity index (χ1v) is 14.4. The highest BCUT2D eigenvalue weighted by atomic mass is 16.6. The van der Waals surface area contributed by atoms with Crippen LogP contribution in [0.4, 0.5) is 4.79 Å². The minimum Gasteiger partial charge on any atom is -0.461 e. The molecular formula is C29H43BN3O10. The average Bonchev–Trinajstić information content (AvgIpc) is 3.01. The van der Waals surface area contributed by atoms with Crippen LogP contribution in [0.5, 0.6) is 0 Å². The summed E-state index contributed by atoms with van der Waals surface area (Å²) in [4.78, 5) is 28.1. The molecule has 0 bridgehead atoms. The molecule has 0 aliphatic carbocycles. The molecule has 1 aliphatic rings. The quantitative estimate of drug-likeness (QED) is 0.0836. The molecule has 1 saturated heterocycles. The molecule has 0 unspecified atom stereocenters. The maximum absolute atomic E-state index is 13.5. The smallest absolute Gasteiger partial charge is 0.461 e. The Morgan fingerprint density at radius 1 is 1.05 bits per heavy atom. The van der Waals surface area contributed by atoms with Crippen molar-refractivity contribution in [1.29, 1.82) is 0 Å². The van der Waals surface area contributed by atoms with Crippen LogP contribution in [0.3, 0.4) is 0 Å². The summed E-state index contributed by atoms with van der Waals surface area (Å²) in [6.45, 7) is 3.98.